The Morgan fingerprint density at radius 1 is 1.47 bits per heavy atom. The standard InChI is InChI=1S/C9H15N3O.2ClH/c1-12-6-7(5-11-12)13-9-4-2-3-8(9)10;;/h5-6,8-9H,2-4,10H2,1H3;2*1H/t8-,9+;;/m1../s1. The van der Waals surface area contributed by atoms with Crippen molar-refractivity contribution in [1.82, 2.24) is 9.78 Å². The highest BCUT2D eigenvalue weighted by molar-refractivity contribution is 5.85. The Kier molecular flexibility index (Phi) is 6.02. The molecule has 1 saturated carbocycles. The number of rotatable bonds is 2. The van der Waals surface area contributed by atoms with Gasteiger partial charge in [-0.2, -0.15) is 5.10 Å². The van der Waals surface area contributed by atoms with Gasteiger partial charge in [0.15, 0.2) is 5.75 Å². The number of halogens is 2. The van der Waals surface area contributed by atoms with E-state index in [0.717, 1.165) is 18.6 Å². The maximum atomic E-state index is 5.88. The van der Waals surface area contributed by atoms with Crippen LogP contribution in [0.5, 0.6) is 5.75 Å². The van der Waals surface area contributed by atoms with Crippen molar-refractivity contribution in [3.8, 4) is 5.75 Å². The van der Waals surface area contributed by atoms with Crippen molar-refractivity contribution in [1.29, 1.82) is 0 Å². The summed E-state index contributed by atoms with van der Waals surface area (Å²) in [7, 11) is 1.88. The normalized spacial score (nSPS) is 24.1. The lowest BCUT2D eigenvalue weighted by atomic mass is 10.2. The average Bonchev–Trinajstić information content (AvgIpc) is 2.64. The van der Waals surface area contributed by atoms with Gasteiger partial charge < -0.3 is 10.5 Å². The first kappa shape index (κ1) is 14.6. The summed E-state index contributed by atoms with van der Waals surface area (Å²) in [6.07, 6.45) is 7.09. The van der Waals surface area contributed by atoms with E-state index in [9.17, 15) is 0 Å². The van der Waals surface area contributed by atoms with E-state index in [1.54, 1.807) is 10.9 Å². The number of nitrogens with two attached hydrogens (primary N) is 1. The third-order valence-corrected chi connectivity index (χ3v) is 2.47. The molecule has 0 aliphatic heterocycles. The molecule has 2 atom stereocenters. The Labute approximate surface area is 102 Å². The first-order valence-electron chi connectivity index (χ1n) is 4.66. The smallest absolute Gasteiger partial charge is 0.157 e. The molecule has 2 N–H and O–H groups in total. The fraction of sp³-hybridized carbons (Fsp3) is 0.667. The second-order valence-electron chi connectivity index (χ2n) is 3.60. The van der Waals surface area contributed by atoms with Crippen LogP contribution in [0.1, 0.15) is 19.3 Å². The minimum Gasteiger partial charge on any atom is -0.486 e. The van der Waals surface area contributed by atoms with Gasteiger partial charge in [0.05, 0.1) is 12.4 Å². The molecule has 1 aliphatic rings. The second kappa shape index (κ2) is 6.20. The van der Waals surface area contributed by atoms with Gasteiger partial charge in [-0.05, 0) is 19.3 Å². The van der Waals surface area contributed by atoms with Crippen molar-refractivity contribution in [2.75, 3.05) is 0 Å². The van der Waals surface area contributed by atoms with Crippen LogP contribution in [0.4, 0.5) is 0 Å². The molecule has 1 aliphatic carbocycles. The predicted octanol–water partition coefficient (Wildman–Crippen LogP) is 1.52. The van der Waals surface area contributed by atoms with Crippen molar-refractivity contribution >= 4 is 24.8 Å². The molecule has 4 nitrogen and oxygen atoms in total. The highest BCUT2D eigenvalue weighted by atomic mass is 35.5. The number of aryl methyl sites for hydroxylation is 1. The quantitative estimate of drug-likeness (QED) is 0.870. The average molecular weight is 254 g/mol. The summed E-state index contributed by atoms with van der Waals surface area (Å²) in [5.41, 5.74) is 5.88. The number of aromatic nitrogens is 2. The highest BCUT2D eigenvalue weighted by Gasteiger charge is 2.25. The van der Waals surface area contributed by atoms with Crippen molar-refractivity contribution in [3.05, 3.63) is 12.4 Å². The topological polar surface area (TPSA) is 53.1 Å². The Hall–Kier alpha value is -0.450. The highest BCUT2D eigenvalue weighted by Crippen LogP contribution is 2.22. The monoisotopic (exact) mass is 253 g/mol. The van der Waals surface area contributed by atoms with Crippen molar-refractivity contribution in [3.63, 3.8) is 0 Å². The van der Waals surface area contributed by atoms with E-state index >= 15 is 0 Å². The number of ether oxygens (including phenoxy) is 1. The second-order valence-corrected chi connectivity index (χ2v) is 3.60. The van der Waals surface area contributed by atoms with E-state index < -0.39 is 0 Å². The van der Waals surface area contributed by atoms with Crippen LogP contribution >= 0.6 is 24.8 Å². The van der Waals surface area contributed by atoms with Gasteiger partial charge in [0.1, 0.15) is 6.10 Å². The number of nitrogens with zero attached hydrogens (tertiary/aromatic N) is 2. The summed E-state index contributed by atoms with van der Waals surface area (Å²) in [5.74, 6) is 0.824. The maximum absolute atomic E-state index is 5.88. The molecule has 0 saturated heterocycles. The van der Waals surface area contributed by atoms with Gasteiger partial charge in [-0.15, -0.1) is 24.8 Å². The first-order chi connectivity index (χ1) is 6.25. The van der Waals surface area contributed by atoms with Gasteiger partial charge in [0.25, 0.3) is 0 Å². The van der Waals surface area contributed by atoms with Crippen LogP contribution < -0.4 is 10.5 Å². The molecular formula is C9H17Cl2N3O. The largest absolute Gasteiger partial charge is 0.486 e. The molecule has 1 aromatic rings. The van der Waals surface area contributed by atoms with Gasteiger partial charge in [0.2, 0.25) is 0 Å². The van der Waals surface area contributed by atoms with Crippen LogP contribution in [0.3, 0.4) is 0 Å². The molecule has 6 heteroatoms. The first-order valence-corrected chi connectivity index (χ1v) is 4.66. The number of hydrogen-bond donors (Lipinski definition) is 1. The summed E-state index contributed by atoms with van der Waals surface area (Å²) in [4.78, 5) is 0. The van der Waals surface area contributed by atoms with Crippen LogP contribution in [0, 0.1) is 0 Å². The molecule has 1 heterocycles. The lowest BCUT2D eigenvalue weighted by molar-refractivity contribution is 0.191. The number of hydrogen-bond acceptors (Lipinski definition) is 3. The molecule has 88 valence electrons. The fourth-order valence-corrected chi connectivity index (χ4v) is 1.74. The Bertz CT molecular complexity index is 293. The van der Waals surface area contributed by atoms with Crippen LogP contribution in [0.2, 0.25) is 0 Å². The van der Waals surface area contributed by atoms with Crippen LogP contribution in [0.25, 0.3) is 0 Å². The van der Waals surface area contributed by atoms with Gasteiger partial charge in [-0.1, -0.05) is 0 Å². The van der Waals surface area contributed by atoms with Gasteiger partial charge in [-0.3, -0.25) is 4.68 Å². The molecule has 0 spiro atoms. The summed E-state index contributed by atoms with van der Waals surface area (Å²) >= 11 is 0. The molecule has 1 fully saturated rings. The van der Waals surface area contributed by atoms with E-state index in [4.69, 9.17) is 10.5 Å². The zero-order valence-corrected chi connectivity index (χ0v) is 10.3. The predicted molar refractivity (Wildman–Crippen MR) is 63.9 cm³/mol. The minimum atomic E-state index is 0. The SMILES string of the molecule is Cl.Cl.Cn1cc(O[C@H]2CCC[C@H]2N)cn1. The van der Waals surface area contributed by atoms with Crippen LogP contribution in [-0.4, -0.2) is 21.9 Å². The van der Waals surface area contributed by atoms with E-state index in [1.807, 2.05) is 13.2 Å². The maximum Gasteiger partial charge on any atom is 0.157 e. The zero-order chi connectivity index (χ0) is 9.26. The van der Waals surface area contributed by atoms with Crippen LogP contribution in [-0.2, 0) is 7.05 Å². The molecule has 0 aromatic carbocycles. The van der Waals surface area contributed by atoms with E-state index in [0.29, 0.717) is 0 Å². The van der Waals surface area contributed by atoms with Crippen molar-refractivity contribution < 1.29 is 4.74 Å². The molecule has 0 unspecified atom stereocenters. The van der Waals surface area contributed by atoms with E-state index in [-0.39, 0.29) is 37.0 Å². The van der Waals surface area contributed by atoms with Gasteiger partial charge in [-0.25, -0.2) is 0 Å². The molecule has 1 aromatic heterocycles. The summed E-state index contributed by atoms with van der Waals surface area (Å²) in [5, 5.41) is 4.03. The fourth-order valence-electron chi connectivity index (χ4n) is 1.74. The van der Waals surface area contributed by atoms with E-state index in [2.05, 4.69) is 5.10 Å². The molecule has 15 heavy (non-hydrogen) atoms. The van der Waals surface area contributed by atoms with E-state index in [1.165, 1.54) is 6.42 Å². The Balaban J connectivity index is 0.000000980. The summed E-state index contributed by atoms with van der Waals surface area (Å²) in [6.45, 7) is 0. The Morgan fingerprint density at radius 2 is 2.20 bits per heavy atom. The van der Waals surface area contributed by atoms with Gasteiger partial charge >= 0.3 is 0 Å². The molecule has 0 amide bonds. The minimum absolute atomic E-state index is 0. The van der Waals surface area contributed by atoms with Crippen molar-refractivity contribution in [2.24, 2.45) is 12.8 Å². The molecule has 2 rings (SSSR count). The lowest BCUT2D eigenvalue weighted by Gasteiger charge is -2.15. The zero-order valence-electron chi connectivity index (χ0n) is 8.63. The van der Waals surface area contributed by atoms with Crippen LogP contribution in [0.15, 0.2) is 12.4 Å². The van der Waals surface area contributed by atoms with Gasteiger partial charge in [0, 0.05) is 13.1 Å². The molecule has 0 bridgehead atoms. The molecule has 0 radical (unpaired) electrons. The van der Waals surface area contributed by atoms with Crippen molar-refractivity contribution in [2.45, 2.75) is 31.4 Å². The summed E-state index contributed by atoms with van der Waals surface area (Å²) in [6, 6.07) is 0.195. The third kappa shape index (κ3) is 3.55. The lowest BCUT2D eigenvalue weighted by Crippen LogP contribution is -2.33. The molecular weight excluding hydrogens is 237 g/mol. The third-order valence-electron chi connectivity index (χ3n) is 2.47. The Morgan fingerprint density at radius 3 is 2.67 bits per heavy atom. The summed E-state index contributed by atoms with van der Waals surface area (Å²) < 4.78 is 7.43.